The van der Waals surface area contributed by atoms with Crippen molar-refractivity contribution in [2.45, 2.75) is 102 Å². The zero-order valence-electron chi connectivity index (χ0n) is 32.2. The predicted octanol–water partition coefficient (Wildman–Crippen LogP) is 3.02. The number of likely N-dealkylation sites (tertiary alicyclic amines) is 1. The summed E-state index contributed by atoms with van der Waals surface area (Å²) in [5.41, 5.74) is 1.95. The van der Waals surface area contributed by atoms with Crippen molar-refractivity contribution in [3.05, 3.63) is 35.4 Å². The van der Waals surface area contributed by atoms with Gasteiger partial charge in [0.25, 0.3) is 0 Å². The molecular weight excluding hydrogens is 708 g/mol. The molecule has 1 amide bonds. The zero-order valence-corrected chi connectivity index (χ0v) is 32.2. The minimum Gasteiger partial charge on any atom is -0.391 e. The lowest BCUT2D eigenvalue weighted by molar-refractivity contribution is -0.527. The number of nitrogens with zero attached hydrogens (tertiary/aromatic N) is 4. The number of ether oxygens (including phenoxy) is 5. The number of rotatable bonds is 24. The number of fused-ring (bicyclic) bond motifs is 1. The Labute approximate surface area is 318 Å². The number of carbonyl (C=O) groups is 1. The number of hydrogen-bond acceptors (Lipinski definition) is 16. The smallest absolute Gasteiger partial charge is 0.222 e. The Morgan fingerprint density at radius 2 is 1.80 bits per heavy atom. The van der Waals surface area contributed by atoms with Gasteiger partial charge in [-0.15, -0.1) is 0 Å². The van der Waals surface area contributed by atoms with E-state index in [1.54, 1.807) is 12.0 Å². The summed E-state index contributed by atoms with van der Waals surface area (Å²) in [4.78, 5) is 27.0. The van der Waals surface area contributed by atoms with E-state index < -0.39 is 35.7 Å². The first-order chi connectivity index (χ1) is 26.1. The highest BCUT2D eigenvalue weighted by atomic mass is 17.1. The van der Waals surface area contributed by atoms with E-state index >= 15 is 0 Å². The molecule has 17 heteroatoms. The summed E-state index contributed by atoms with van der Waals surface area (Å²) in [5, 5.41) is 46.5. The molecule has 2 aliphatic heterocycles. The Hall–Kier alpha value is -1.91. The second-order valence-electron chi connectivity index (χ2n) is 14.7. The monoisotopic (exact) mass is 772 g/mol. The lowest BCUT2D eigenvalue weighted by Crippen LogP contribution is -2.55. The largest absolute Gasteiger partial charge is 0.391 e. The van der Waals surface area contributed by atoms with E-state index in [2.05, 4.69) is 16.7 Å². The molecule has 17 nitrogen and oxygen atoms in total. The van der Waals surface area contributed by atoms with E-state index in [0.717, 1.165) is 63.1 Å². The van der Waals surface area contributed by atoms with Crippen LogP contribution in [0.5, 0.6) is 0 Å². The van der Waals surface area contributed by atoms with E-state index in [4.69, 9.17) is 49.4 Å². The molecule has 8 unspecified atom stereocenters. The molecule has 0 bridgehead atoms. The molecule has 1 aromatic rings. The van der Waals surface area contributed by atoms with Crippen LogP contribution in [0.3, 0.4) is 0 Å². The number of piperidine rings is 1. The van der Waals surface area contributed by atoms with Gasteiger partial charge in [0.2, 0.25) is 5.91 Å². The molecular formula is C37H64N4O13. The average molecular weight is 773 g/mol. The van der Waals surface area contributed by atoms with Gasteiger partial charge in [0.1, 0.15) is 12.7 Å². The van der Waals surface area contributed by atoms with Crippen LogP contribution in [0.25, 0.3) is 0 Å². The van der Waals surface area contributed by atoms with E-state index in [-0.39, 0.29) is 43.7 Å². The molecule has 4 rings (SSSR count). The fourth-order valence-electron chi connectivity index (χ4n) is 7.83. The van der Waals surface area contributed by atoms with E-state index in [0.29, 0.717) is 57.5 Å². The lowest BCUT2D eigenvalue weighted by atomic mass is 9.81. The van der Waals surface area contributed by atoms with Crippen LogP contribution in [0.1, 0.15) is 75.8 Å². The van der Waals surface area contributed by atoms with Gasteiger partial charge in [-0.1, -0.05) is 31.2 Å². The van der Waals surface area contributed by atoms with Gasteiger partial charge in [-0.05, 0) is 62.5 Å². The molecule has 1 saturated carbocycles. The second-order valence-corrected chi connectivity index (χ2v) is 14.7. The van der Waals surface area contributed by atoms with Gasteiger partial charge in [-0.2, -0.15) is 0 Å². The number of aliphatic hydroxyl groups is 1. The Bertz CT molecular complexity index is 1190. The zero-order chi connectivity index (χ0) is 38.9. The summed E-state index contributed by atoms with van der Waals surface area (Å²) < 4.78 is 29.6. The van der Waals surface area contributed by atoms with E-state index in [1.165, 1.54) is 0 Å². The molecule has 5 N–H and O–H groups in total. The van der Waals surface area contributed by atoms with Crippen molar-refractivity contribution in [3.63, 3.8) is 0 Å². The van der Waals surface area contributed by atoms with Crippen LogP contribution in [0.2, 0.25) is 0 Å². The van der Waals surface area contributed by atoms with Crippen LogP contribution in [-0.2, 0) is 44.8 Å². The highest BCUT2D eigenvalue weighted by Crippen LogP contribution is 2.36. The fourth-order valence-corrected chi connectivity index (χ4v) is 7.83. The maximum Gasteiger partial charge on any atom is 0.222 e. The van der Waals surface area contributed by atoms with Crippen molar-refractivity contribution in [2.75, 3.05) is 79.5 Å². The lowest BCUT2D eigenvalue weighted by Gasteiger charge is -2.47. The van der Waals surface area contributed by atoms with Crippen LogP contribution in [0, 0.1) is 11.8 Å². The normalized spacial score (nSPS) is 26.3. The number of hydrogen-bond donors (Lipinski definition) is 5. The number of β-amino-alcohol motifs (C(OH)–C–C–N with tert-alkyl or cyclic N) is 1. The Morgan fingerprint density at radius 1 is 1.02 bits per heavy atom. The van der Waals surface area contributed by atoms with Gasteiger partial charge in [0.05, 0.1) is 55.5 Å². The molecule has 3 aliphatic rings. The van der Waals surface area contributed by atoms with Gasteiger partial charge >= 0.3 is 0 Å². The first-order valence-corrected chi connectivity index (χ1v) is 19.4. The minimum atomic E-state index is -0.991. The number of carbonyl (C=O) groups excluding carboxylic acids is 1. The highest BCUT2D eigenvalue weighted by Gasteiger charge is 2.41. The van der Waals surface area contributed by atoms with Crippen molar-refractivity contribution in [1.82, 2.24) is 20.6 Å². The van der Waals surface area contributed by atoms with Crippen molar-refractivity contribution in [1.29, 1.82) is 0 Å². The van der Waals surface area contributed by atoms with Crippen LogP contribution in [-0.4, -0.2) is 162 Å². The SMILES string of the molecule is CCOCC(C)COCc1ccc(C2C(O)CN(C(=O)CCCC(CON(O)O)ON(O)O)CC2OCC2CCC3OCCN(CCCOC)C3C2)cc1. The molecule has 3 fully saturated rings. The summed E-state index contributed by atoms with van der Waals surface area (Å²) in [7, 11) is 1.73. The number of amides is 1. The molecule has 2 heterocycles. The molecule has 2 saturated heterocycles. The van der Waals surface area contributed by atoms with Gasteiger partial charge < -0.3 is 33.7 Å². The van der Waals surface area contributed by atoms with Crippen molar-refractivity contribution in [3.8, 4) is 0 Å². The fraction of sp³-hybridized carbons (Fsp3) is 0.811. The summed E-state index contributed by atoms with van der Waals surface area (Å²) in [6.07, 6.45) is 2.22. The minimum absolute atomic E-state index is 0.0747. The molecule has 0 radical (unpaired) electrons. The van der Waals surface area contributed by atoms with Gasteiger partial charge in [-0.3, -0.25) is 30.5 Å². The summed E-state index contributed by atoms with van der Waals surface area (Å²) in [6.45, 7) is 10.3. The second kappa shape index (κ2) is 24.0. The van der Waals surface area contributed by atoms with Crippen LogP contribution < -0.4 is 0 Å². The third-order valence-corrected chi connectivity index (χ3v) is 10.5. The van der Waals surface area contributed by atoms with Crippen molar-refractivity contribution in [2.24, 2.45) is 11.8 Å². The summed E-state index contributed by atoms with van der Waals surface area (Å²) >= 11 is 0. The number of methoxy groups -OCH3 is 1. The third kappa shape index (κ3) is 14.9. The average Bonchev–Trinajstić information content (AvgIpc) is 3.15. The van der Waals surface area contributed by atoms with Crippen LogP contribution >= 0.6 is 0 Å². The molecule has 0 spiro atoms. The van der Waals surface area contributed by atoms with Gasteiger partial charge in [0.15, 0.2) is 0 Å². The molecule has 310 valence electrons. The van der Waals surface area contributed by atoms with Crippen LogP contribution in [0.15, 0.2) is 24.3 Å². The number of aliphatic hydroxyl groups excluding tert-OH is 1. The highest BCUT2D eigenvalue weighted by molar-refractivity contribution is 5.76. The Kier molecular flexibility index (Phi) is 19.9. The first kappa shape index (κ1) is 44.8. The quantitative estimate of drug-likeness (QED) is 0.0759. The first-order valence-electron chi connectivity index (χ1n) is 19.4. The topological polar surface area (TPSA) is 196 Å². The van der Waals surface area contributed by atoms with Crippen molar-refractivity contribution >= 4 is 5.91 Å². The number of benzene rings is 1. The molecule has 54 heavy (non-hydrogen) atoms. The molecule has 1 aliphatic carbocycles. The molecule has 1 aromatic carbocycles. The van der Waals surface area contributed by atoms with Gasteiger partial charge in [-0.25, -0.2) is 9.68 Å². The van der Waals surface area contributed by atoms with Crippen LogP contribution in [0.4, 0.5) is 0 Å². The standard InChI is InChI=1S/C37H64N4O13/c1-4-49-22-27(2)23-50-24-28-9-12-30(13-10-28)37-33(42)20-39(36(43)8-5-7-31(54-41(46)47)26-53-40(44)45)21-35(37)52-25-29-11-14-34-32(19-29)38(16-18-51-34)15-6-17-48-3/h9-10,12-13,27,29,31-35,37,42,44-47H,4-8,11,14-26H2,1-3H3. The molecule has 8 atom stereocenters. The Balaban J connectivity index is 1.40. The summed E-state index contributed by atoms with van der Waals surface area (Å²) in [5.74, 6) is 0.0365. The molecule has 0 aromatic heterocycles. The number of morpholine rings is 1. The van der Waals surface area contributed by atoms with E-state index in [1.807, 2.05) is 31.2 Å². The predicted molar refractivity (Wildman–Crippen MR) is 191 cm³/mol. The van der Waals surface area contributed by atoms with Crippen molar-refractivity contribution < 1.29 is 64.1 Å². The maximum absolute atomic E-state index is 13.5. The Morgan fingerprint density at radius 3 is 2.52 bits per heavy atom. The third-order valence-electron chi connectivity index (χ3n) is 10.5. The summed E-state index contributed by atoms with van der Waals surface area (Å²) in [6, 6.07) is 8.38. The van der Waals surface area contributed by atoms with Gasteiger partial charge in [0, 0.05) is 77.4 Å². The van der Waals surface area contributed by atoms with E-state index in [9.17, 15) is 9.90 Å². The maximum atomic E-state index is 13.5.